The lowest BCUT2D eigenvalue weighted by Gasteiger charge is -2.18. The molecule has 38 heavy (non-hydrogen) atoms. The number of hydrogen-bond acceptors (Lipinski definition) is 8. The van der Waals surface area contributed by atoms with Crippen molar-refractivity contribution >= 4 is 29.1 Å². The van der Waals surface area contributed by atoms with Crippen LogP contribution >= 0.6 is 0 Å². The van der Waals surface area contributed by atoms with Gasteiger partial charge in [-0.15, -0.1) is 0 Å². The fourth-order valence-corrected chi connectivity index (χ4v) is 4.40. The summed E-state index contributed by atoms with van der Waals surface area (Å²) < 4.78 is 7.61. The molecule has 1 aliphatic rings. The highest BCUT2D eigenvalue weighted by Gasteiger charge is 2.20. The fourth-order valence-electron chi connectivity index (χ4n) is 4.40. The summed E-state index contributed by atoms with van der Waals surface area (Å²) in [6.07, 6.45) is 3.33. The second-order valence-corrected chi connectivity index (χ2v) is 9.44. The summed E-state index contributed by atoms with van der Waals surface area (Å²) in [5.41, 5.74) is 4.48. The number of ether oxygens (including phenoxy) is 1. The first-order valence-corrected chi connectivity index (χ1v) is 12.5. The molecule has 11 nitrogen and oxygen atoms in total. The quantitative estimate of drug-likeness (QED) is 0.359. The Labute approximate surface area is 221 Å². The van der Waals surface area contributed by atoms with Crippen molar-refractivity contribution in [3.05, 3.63) is 69.8 Å². The van der Waals surface area contributed by atoms with Gasteiger partial charge in [-0.1, -0.05) is 12.1 Å². The average Bonchev–Trinajstić information content (AvgIpc) is 3.21. The van der Waals surface area contributed by atoms with E-state index in [4.69, 9.17) is 9.97 Å². The Balaban J connectivity index is 0.00000107. The first-order valence-electron chi connectivity index (χ1n) is 12.5. The highest BCUT2D eigenvalue weighted by Crippen LogP contribution is 2.23. The van der Waals surface area contributed by atoms with Crippen molar-refractivity contribution in [2.24, 2.45) is 0 Å². The molecule has 0 spiro atoms. The number of amides is 1. The van der Waals surface area contributed by atoms with Crippen molar-refractivity contribution in [2.45, 2.75) is 39.4 Å². The molecule has 4 heterocycles. The summed E-state index contributed by atoms with van der Waals surface area (Å²) in [6.45, 7) is 6.06. The van der Waals surface area contributed by atoms with Crippen LogP contribution in [0, 0.1) is 0 Å². The third kappa shape index (κ3) is 5.74. The van der Waals surface area contributed by atoms with Crippen LogP contribution in [0.3, 0.4) is 0 Å². The molecule has 0 atom stereocenters. The van der Waals surface area contributed by atoms with Gasteiger partial charge in [0, 0.05) is 45.7 Å². The van der Waals surface area contributed by atoms with Crippen LogP contribution in [0.5, 0.6) is 0 Å². The zero-order valence-corrected chi connectivity index (χ0v) is 22.4. The second kappa shape index (κ2) is 12.0. The van der Waals surface area contributed by atoms with Crippen molar-refractivity contribution in [2.75, 3.05) is 33.1 Å². The van der Waals surface area contributed by atoms with Crippen LogP contribution in [0.2, 0.25) is 0 Å². The largest absolute Gasteiger partial charge is 0.388 e. The van der Waals surface area contributed by atoms with Crippen molar-refractivity contribution in [3.63, 3.8) is 0 Å². The van der Waals surface area contributed by atoms with Crippen LogP contribution in [0.4, 0.5) is 11.6 Å². The first-order chi connectivity index (χ1) is 18.4. The number of benzene rings is 1. The molecule has 1 aliphatic heterocycles. The molecular formula is C27H34N8O3. The predicted molar refractivity (Wildman–Crippen MR) is 147 cm³/mol. The summed E-state index contributed by atoms with van der Waals surface area (Å²) in [6, 6.07) is 11.7. The zero-order chi connectivity index (χ0) is 27.2. The maximum absolute atomic E-state index is 13.3. The molecule has 3 aromatic heterocycles. The summed E-state index contributed by atoms with van der Waals surface area (Å²) in [7, 11) is 4.94. The second-order valence-electron chi connectivity index (χ2n) is 9.44. The maximum atomic E-state index is 13.3. The molecule has 0 saturated carbocycles. The standard InChI is InChI=1S/C25H28N8O2.C2H6O/c1-16(2)32-24(35)21-13-27-25(29-19-8-7-17-9-10-26-12-18(17)11-19)30-23(21)33(32)22-6-4-5-20(28-22)14-31(3)15-34;1-3-2/h4-8,11,13,15-16,26H,9-10,12,14H2,1-3H3,(H,27,29,30);1-2H3. The Morgan fingerprint density at radius 2 is 1.97 bits per heavy atom. The lowest BCUT2D eigenvalue weighted by molar-refractivity contribution is -0.117. The Bertz CT molecular complexity index is 1480. The van der Waals surface area contributed by atoms with E-state index in [1.807, 2.05) is 38.1 Å². The summed E-state index contributed by atoms with van der Waals surface area (Å²) >= 11 is 0. The van der Waals surface area contributed by atoms with E-state index in [2.05, 4.69) is 32.5 Å². The number of anilines is 2. The minimum atomic E-state index is -0.182. The van der Waals surface area contributed by atoms with Gasteiger partial charge in [-0.25, -0.2) is 19.3 Å². The van der Waals surface area contributed by atoms with Gasteiger partial charge in [0.1, 0.15) is 5.39 Å². The Morgan fingerprint density at radius 3 is 2.71 bits per heavy atom. The summed E-state index contributed by atoms with van der Waals surface area (Å²) in [4.78, 5) is 39.7. The van der Waals surface area contributed by atoms with Crippen LogP contribution in [-0.4, -0.2) is 63.4 Å². The third-order valence-corrected chi connectivity index (χ3v) is 6.06. The lowest BCUT2D eigenvalue weighted by atomic mass is 10.0. The van der Waals surface area contributed by atoms with E-state index < -0.39 is 0 Å². The van der Waals surface area contributed by atoms with E-state index in [1.54, 1.807) is 36.8 Å². The average molecular weight is 519 g/mol. The van der Waals surface area contributed by atoms with E-state index in [9.17, 15) is 9.59 Å². The van der Waals surface area contributed by atoms with E-state index in [-0.39, 0.29) is 11.6 Å². The van der Waals surface area contributed by atoms with Crippen molar-refractivity contribution in [3.8, 4) is 5.82 Å². The van der Waals surface area contributed by atoms with Crippen LogP contribution in [-0.2, 0) is 29.0 Å². The lowest BCUT2D eigenvalue weighted by Crippen LogP contribution is -2.25. The third-order valence-electron chi connectivity index (χ3n) is 6.06. The molecule has 0 fully saturated rings. The van der Waals surface area contributed by atoms with Crippen molar-refractivity contribution in [1.82, 2.24) is 34.5 Å². The van der Waals surface area contributed by atoms with Gasteiger partial charge < -0.3 is 20.3 Å². The van der Waals surface area contributed by atoms with Crippen LogP contribution in [0.1, 0.15) is 36.7 Å². The molecule has 0 radical (unpaired) electrons. The number of methoxy groups -OCH3 is 1. The molecule has 200 valence electrons. The number of carbonyl (C=O) groups is 1. The highest BCUT2D eigenvalue weighted by atomic mass is 16.4. The predicted octanol–water partition coefficient (Wildman–Crippen LogP) is 2.80. The van der Waals surface area contributed by atoms with Gasteiger partial charge in [0.2, 0.25) is 12.4 Å². The molecule has 2 N–H and O–H groups in total. The van der Waals surface area contributed by atoms with Crippen molar-refractivity contribution in [1.29, 1.82) is 0 Å². The molecule has 0 aliphatic carbocycles. The smallest absolute Gasteiger partial charge is 0.278 e. The number of nitrogens with one attached hydrogen (secondary N) is 2. The van der Waals surface area contributed by atoms with E-state index in [1.165, 1.54) is 16.0 Å². The van der Waals surface area contributed by atoms with Gasteiger partial charge in [0.05, 0.1) is 12.2 Å². The van der Waals surface area contributed by atoms with Gasteiger partial charge in [-0.05, 0) is 62.2 Å². The SMILES string of the molecule is CC(C)n1c(=O)c2cnc(Nc3ccc4c(c3)CNCC4)nc2n1-c1cccc(CN(C)C=O)n1.COC. The Morgan fingerprint density at radius 1 is 1.18 bits per heavy atom. The number of carbonyl (C=O) groups excluding carboxylic acids is 1. The number of pyridine rings is 1. The van der Waals surface area contributed by atoms with Gasteiger partial charge in [-0.3, -0.25) is 9.59 Å². The molecule has 1 aromatic carbocycles. The molecule has 0 saturated heterocycles. The highest BCUT2D eigenvalue weighted by molar-refractivity contribution is 5.77. The van der Waals surface area contributed by atoms with E-state index in [0.29, 0.717) is 35.0 Å². The number of fused-ring (bicyclic) bond motifs is 2. The first kappa shape index (κ1) is 27.0. The Hall–Kier alpha value is -4.09. The molecule has 0 bridgehead atoms. The fraction of sp³-hybridized carbons (Fsp3) is 0.370. The van der Waals surface area contributed by atoms with E-state index >= 15 is 0 Å². The minimum Gasteiger partial charge on any atom is -0.388 e. The number of aromatic nitrogens is 5. The topological polar surface area (TPSA) is 119 Å². The van der Waals surface area contributed by atoms with Gasteiger partial charge in [0.25, 0.3) is 5.56 Å². The number of hydrogen-bond donors (Lipinski definition) is 2. The van der Waals surface area contributed by atoms with Crippen molar-refractivity contribution < 1.29 is 9.53 Å². The molecule has 5 rings (SSSR count). The minimum absolute atomic E-state index is 0.135. The molecule has 4 aromatic rings. The van der Waals surface area contributed by atoms with Gasteiger partial charge in [0.15, 0.2) is 11.5 Å². The van der Waals surface area contributed by atoms with Gasteiger partial charge in [-0.2, -0.15) is 4.98 Å². The monoisotopic (exact) mass is 518 g/mol. The van der Waals surface area contributed by atoms with Crippen LogP contribution in [0.25, 0.3) is 16.9 Å². The number of nitrogens with zero attached hydrogens (tertiary/aromatic N) is 6. The van der Waals surface area contributed by atoms with Crippen LogP contribution in [0.15, 0.2) is 47.4 Å². The van der Waals surface area contributed by atoms with Crippen LogP contribution < -0.4 is 16.2 Å². The summed E-state index contributed by atoms with van der Waals surface area (Å²) in [5, 5.41) is 7.09. The maximum Gasteiger partial charge on any atom is 0.278 e. The number of rotatable bonds is 7. The molecule has 1 amide bonds. The van der Waals surface area contributed by atoms with E-state index in [0.717, 1.165) is 31.6 Å². The summed E-state index contributed by atoms with van der Waals surface area (Å²) in [5.74, 6) is 0.944. The Kier molecular flexibility index (Phi) is 8.49. The molecule has 0 unspecified atom stereocenters. The van der Waals surface area contributed by atoms with Gasteiger partial charge >= 0.3 is 0 Å². The zero-order valence-electron chi connectivity index (χ0n) is 22.4. The molecular weight excluding hydrogens is 484 g/mol. The normalized spacial score (nSPS) is 12.6. The molecule has 11 heteroatoms.